The Bertz CT molecular complexity index is 314. The van der Waals surface area contributed by atoms with E-state index in [1.807, 2.05) is 4.68 Å². The quantitative estimate of drug-likeness (QED) is 0.668. The second-order valence-electron chi connectivity index (χ2n) is 3.78. The third-order valence-electron chi connectivity index (χ3n) is 2.48. The van der Waals surface area contributed by atoms with Gasteiger partial charge < -0.3 is 11.1 Å². The molecule has 1 aliphatic rings. The van der Waals surface area contributed by atoms with Crippen LogP contribution in [0, 0.1) is 0 Å². The SMILES string of the molecule is CC(C)n1nc(N)c2c1CNCC2. The maximum absolute atomic E-state index is 5.84. The summed E-state index contributed by atoms with van der Waals surface area (Å²) in [7, 11) is 0. The number of nitrogens with one attached hydrogen (secondary N) is 1. The van der Waals surface area contributed by atoms with Gasteiger partial charge in [0.05, 0.1) is 5.69 Å². The van der Waals surface area contributed by atoms with Gasteiger partial charge in [-0.25, -0.2) is 0 Å². The van der Waals surface area contributed by atoms with Crippen LogP contribution in [0.15, 0.2) is 0 Å². The summed E-state index contributed by atoms with van der Waals surface area (Å²) in [6.45, 7) is 6.17. The molecule has 0 saturated carbocycles. The minimum absolute atomic E-state index is 0.394. The van der Waals surface area contributed by atoms with Crippen molar-refractivity contribution in [3.63, 3.8) is 0 Å². The lowest BCUT2D eigenvalue weighted by molar-refractivity contribution is 0.487. The number of fused-ring (bicyclic) bond motifs is 1. The summed E-state index contributed by atoms with van der Waals surface area (Å²) in [5.41, 5.74) is 8.35. The van der Waals surface area contributed by atoms with Crippen molar-refractivity contribution in [3.05, 3.63) is 11.3 Å². The van der Waals surface area contributed by atoms with Gasteiger partial charge in [0.1, 0.15) is 5.82 Å². The zero-order chi connectivity index (χ0) is 9.42. The predicted molar refractivity (Wildman–Crippen MR) is 52.4 cm³/mol. The lowest BCUT2D eigenvalue weighted by Gasteiger charge is -2.16. The third kappa shape index (κ3) is 1.31. The second-order valence-corrected chi connectivity index (χ2v) is 3.78. The topological polar surface area (TPSA) is 55.9 Å². The van der Waals surface area contributed by atoms with Gasteiger partial charge in [-0.05, 0) is 26.8 Å². The standard InChI is InChI=1S/C9H16N4/c1-6(2)13-8-5-11-4-3-7(8)9(10)12-13/h6,11H,3-5H2,1-2H3,(H2,10,12). The first-order valence-electron chi connectivity index (χ1n) is 4.76. The largest absolute Gasteiger partial charge is 0.382 e. The molecule has 0 saturated heterocycles. The molecule has 0 spiro atoms. The Labute approximate surface area is 78.1 Å². The second kappa shape index (κ2) is 3.03. The molecule has 1 aromatic heterocycles. The molecule has 0 bridgehead atoms. The van der Waals surface area contributed by atoms with E-state index in [2.05, 4.69) is 24.3 Å². The van der Waals surface area contributed by atoms with Gasteiger partial charge in [0.2, 0.25) is 0 Å². The van der Waals surface area contributed by atoms with Crippen LogP contribution in [0.3, 0.4) is 0 Å². The van der Waals surface area contributed by atoms with Crippen LogP contribution in [0.2, 0.25) is 0 Å². The van der Waals surface area contributed by atoms with E-state index in [1.165, 1.54) is 11.3 Å². The van der Waals surface area contributed by atoms with Crippen molar-refractivity contribution in [2.75, 3.05) is 12.3 Å². The Balaban J connectivity index is 2.47. The summed E-state index contributed by atoms with van der Waals surface area (Å²) >= 11 is 0. The molecule has 2 heterocycles. The molecule has 0 unspecified atom stereocenters. The highest BCUT2D eigenvalue weighted by Gasteiger charge is 2.19. The van der Waals surface area contributed by atoms with Crippen LogP contribution >= 0.6 is 0 Å². The Kier molecular flexibility index (Phi) is 2.00. The van der Waals surface area contributed by atoms with Crippen molar-refractivity contribution >= 4 is 5.82 Å². The number of anilines is 1. The monoisotopic (exact) mass is 180 g/mol. The van der Waals surface area contributed by atoms with Crippen molar-refractivity contribution in [3.8, 4) is 0 Å². The fourth-order valence-electron chi connectivity index (χ4n) is 1.83. The van der Waals surface area contributed by atoms with Crippen LogP contribution in [0.4, 0.5) is 5.82 Å². The smallest absolute Gasteiger partial charge is 0.149 e. The average molecular weight is 180 g/mol. The Morgan fingerprint density at radius 3 is 3.00 bits per heavy atom. The third-order valence-corrected chi connectivity index (χ3v) is 2.48. The van der Waals surface area contributed by atoms with Crippen LogP contribution < -0.4 is 11.1 Å². The molecule has 3 N–H and O–H groups in total. The first-order chi connectivity index (χ1) is 6.20. The van der Waals surface area contributed by atoms with Gasteiger partial charge in [0.25, 0.3) is 0 Å². The molecule has 72 valence electrons. The van der Waals surface area contributed by atoms with Crippen molar-refractivity contribution in [1.82, 2.24) is 15.1 Å². The number of nitrogen functional groups attached to an aromatic ring is 1. The highest BCUT2D eigenvalue weighted by molar-refractivity contribution is 5.44. The zero-order valence-electron chi connectivity index (χ0n) is 8.17. The highest BCUT2D eigenvalue weighted by Crippen LogP contribution is 2.22. The number of nitrogens with two attached hydrogens (primary N) is 1. The molecule has 0 fully saturated rings. The van der Waals surface area contributed by atoms with Crippen molar-refractivity contribution in [2.24, 2.45) is 0 Å². The molecule has 1 aliphatic heterocycles. The van der Waals surface area contributed by atoms with Gasteiger partial charge in [-0.2, -0.15) is 5.10 Å². The number of nitrogens with zero attached hydrogens (tertiary/aromatic N) is 2. The van der Waals surface area contributed by atoms with Gasteiger partial charge in [-0.15, -0.1) is 0 Å². The van der Waals surface area contributed by atoms with Gasteiger partial charge in [-0.1, -0.05) is 0 Å². The molecule has 0 atom stereocenters. The van der Waals surface area contributed by atoms with Gasteiger partial charge in [-0.3, -0.25) is 4.68 Å². The minimum Gasteiger partial charge on any atom is -0.382 e. The predicted octanol–water partition coefficient (Wildman–Crippen LogP) is 0.692. The maximum atomic E-state index is 5.84. The Morgan fingerprint density at radius 2 is 2.31 bits per heavy atom. The molecule has 4 nitrogen and oxygen atoms in total. The summed E-state index contributed by atoms with van der Waals surface area (Å²) in [6.07, 6.45) is 1.01. The summed E-state index contributed by atoms with van der Waals surface area (Å²) in [5, 5.41) is 7.68. The zero-order valence-corrected chi connectivity index (χ0v) is 8.17. The molecule has 0 radical (unpaired) electrons. The molecular formula is C9H16N4. The lowest BCUT2D eigenvalue weighted by Crippen LogP contribution is -2.25. The minimum atomic E-state index is 0.394. The van der Waals surface area contributed by atoms with Crippen LogP contribution in [0.1, 0.15) is 31.1 Å². The van der Waals surface area contributed by atoms with E-state index in [1.54, 1.807) is 0 Å². The van der Waals surface area contributed by atoms with Crippen LogP contribution in [0.25, 0.3) is 0 Å². The van der Waals surface area contributed by atoms with E-state index in [9.17, 15) is 0 Å². The number of aromatic nitrogens is 2. The fourth-order valence-corrected chi connectivity index (χ4v) is 1.83. The summed E-state index contributed by atoms with van der Waals surface area (Å²) in [6, 6.07) is 0.394. The average Bonchev–Trinajstić information content (AvgIpc) is 2.45. The molecule has 1 aromatic rings. The summed E-state index contributed by atoms with van der Waals surface area (Å²) in [5.74, 6) is 0.713. The molecule has 0 aliphatic carbocycles. The van der Waals surface area contributed by atoms with Gasteiger partial charge >= 0.3 is 0 Å². The van der Waals surface area contributed by atoms with E-state index in [-0.39, 0.29) is 0 Å². The number of hydrogen-bond donors (Lipinski definition) is 2. The summed E-state index contributed by atoms with van der Waals surface area (Å²) < 4.78 is 2.02. The van der Waals surface area contributed by atoms with Gasteiger partial charge in [0.15, 0.2) is 0 Å². The molecule has 0 aromatic carbocycles. The van der Waals surface area contributed by atoms with E-state index in [0.717, 1.165) is 19.5 Å². The van der Waals surface area contributed by atoms with Crippen molar-refractivity contribution in [2.45, 2.75) is 32.9 Å². The number of hydrogen-bond acceptors (Lipinski definition) is 3. The van der Waals surface area contributed by atoms with Crippen molar-refractivity contribution in [1.29, 1.82) is 0 Å². The molecule has 2 rings (SSSR count). The highest BCUT2D eigenvalue weighted by atomic mass is 15.3. The Morgan fingerprint density at radius 1 is 1.54 bits per heavy atom. The van der Waals surface area contributed by atoms with E-state index in [0.29, 0.717) is 11.9 Å². The van der Waals surface area contributed by atoms with E-state index >= 15 is 0 Å². The fraction of sp³-hybridized carbons (Fsp3) is 0.667. The summed E-state index contributed by atoms with van der Waals surface area (Å²) in [4.78, 5) is 0. The molecule has 13 heavy (non-hydrogen) atoms. The lowest BCUT2D eigenvalue weighted by atomic mass is 10.1. The van der Waals surface area contributed by atoms with E-state index < -0.39 is 0 Å². The van der Waals surface area contributed by atoms with Crippen LogP contribution in [-0.2, 0) is 13.0 Å². The first-order valence-corrected chi connectivity index (χ1v) is 4.76. The van der Waals surface area contributed by atoms with Crippen LogP contribution in [0.5, 0.6) is 0 Å². The molecule has 0 amide bonds. The molecule has 4 heteroatoms. The van der Waals surface area contributed by atoms with Crippen molar-refractivity contribution < 1.29 is 0 Å². The number of rotatable bonds is 1. The maximum Gasteiger partial charge on any atom is 0.149 e. The Hall–Kier alpha value is -1.03. The van der Waals surface area contributed by atoms with Crippen LogP contribution in [-0.4, -0.2) is 16.3 Å². The van der Waals surface area contributed by atoms with Gasteiger partial charge in [0, 0.05) is 18.2 Å². The molecular weight excluding hydrogens is 164 g/mol. The van der Waals surface area contributed by atoms with E-state index in [4.69, 9.17) is 5.73 Å². The normalized spacial score (nSPS) is 16.2. The first kappa shape index (κ1) is 8.56.